The van der Waals surface area contributed by atoms with Crippen LogP contribution in [-0.4, -0.2) is 23.1 Å². The Balaban J connectivity index is 2.80. The molecular weight excluding hydrogens is 232 g/mol. The van der Waals surface area contributed by atoms with Crippen molar-refractivity contribution in [1.82, 2.24) is 5.32 Å². The van der Waals surface area contributed by atoms with E-state index in [-0.39, 0.29) is 0 Å². The van der Waals surface area contributed by atoms with Crippen molar-refractivity contribution in [2.75, 3.05) is 5.32 Å². The molecule has 1 aromatic carbocycles. The number of urea groups is 1. The highest BCUT2D eigenvalue weighted by molar-refractivity contribution is 5.93. The molecule has 0 saturated heterocycles. The van der Waals surface area contributed by atoms with Crippen LogP contribution in [0.5, 0.6) is 0 Å². The molecule has 1 aromatic rings. The number of carbonyl (C=O) groups is 2. The Morgan fingerprint density at radius 3 is 2.11 bits per heavy atom. The zero-order valence-corrected chi connectivity index (χ0v) is 11.0. The minimum atomic E-state index is -1.07. The number of hydrogen-bond acceptors (Lipinski definition) is 2. The molecule has 5 nitrogen and oxygen atoms in total. The van der Waals surface area contributed by atoms with Crippen LogP contribution in [0, 0.1) is 20.8 Å². The van der Waals surface area contributed by atoms with Crippen LogP contribution >= 0.6 is 0 Å². The van der Waals surface area contributed by atoms with Crippen LogP contribution in [0.3, 0.4) is 0 Å². The lowest BCUT2D eigenvalue weighted by Crippen LogP contribution is -2.41. The third-order valence-electron chi connectivity index (χ3n) is 2.63. The molecule has 0 saturated carbocycles. The monoisotopic (exact) mass is 250 g/mol. The van der Waals surface area contributed by atoms with Crippen molar-refractivity contribution in [2.45, 2.75) is 33.7 Å². The molecular formula is C13H18N2O3. The molecule has 98 valence electrons. The molecule has 0 aromatic heterocycles. The molecule has 0 aliphatic heterocycles. The zero-order chi connectivity index (χ0) is 13.9. The van der Waals surface area contributed by atoms with Crippen molar-refractivity contribution < 1.29 is 14.7 Å². The van der Waals surface area contributed by atoms with Crippen molar-refractivity contribution in [3.8, 4) is 0 Å². The average molecular weight is 250 g/mol. The molecule has 0 fully saturated rings. The second-order valence-corrected chi connectivity index (χ2v) is 4.43. The number of carbonyl (C=O) groups excluding carboxylic acids is 1. The first kappa shape index (κ1) is 14.0. The van der Waals surface area contributed by atoms with Gasteiger partial charge in [0.05, 0.1) is 0 Å². The van der Waals surface area contributed by atoms with Gasteiger partial charge in [-0.2, -0.15) is 0 Å². The van der Waals surface area contributed by atoms with E-state index in [1.54, 1.807) is 0 Å². The van der Waals surface area contributed by atoms with Crippen molar-refractivity contribution in [3.05, 3.63) is 28.8 Å². The summed E-state index contributed by atoms with van der Waals surface area (Å²) >= 11 is 0. The lowest BCUT2D eigenvalue weighted by Gasteiger charge is -2.15. The molecule has 3 N–H and O–H groups in total. The number of aliphatic carboxylic acids is 1. The highest BCUT2D eigenvalue weighted by Crippen LogP contribution is 2.21. The van der Waals surface area contributed by atoms with Gasteiger partial charge in [-0.25, -0.2) is 4.79 Å². The van der Waals surface area contributed by atoms with Crippen molar-refractivity contribution in [2.24, 2.45) is 0 Å². The number of rotatable bonds is 3. The predicted octanol–water partition coefficient (Wildman–Crippen LogP) is 2.21. The number of hydrogen-bond donors (Lipinski definition) is 3. The maximum Gasteiger partial charge on any atom is 0.325 e. The maximum atomic E-state index is 11.6. The van der Waals surface area contributed by atoms with Gasteiger partial charge in [0, 0.05) is 5.69 Å². The Morgan fingerprint density at radius 1 is 1.17 bits per heavy atom. The Hall–Kier alpha value is -2.04. The van der Waals surface area contributed by atoms with E-state index in [0.717, 1.165) is 22.4 Å². The highest BCUT2D eigenvalue weighted by atomic mass is 16.4. The maximum absolute atomic E-state index is 11.6. The van der Waals surface area contributed by atoms with Gasteiger partial charge in [-0.15, -0.1) is 0 Å². The van der Waals surface area contributed by atoms with E-state index in [4.69, 9.17) is 5.11 Å². The standard InChI is InChI=1S/C13H18N2O3/c1-7-5-8(2)11(9(3)6-7)15-13(18)14-10(4)12(16)17/h5-6,10H,1-4H3,(H,16,17)(H2,14,15,18). The minimum Gasteiger partial charge on any atom is -0.480 e. The van der Waals surface area contributed by atoms with E-state index >= 15 is 0 Å². The highest BCUT2D eigenvalue weighted by Gasteiger charge is 2.15. The molecule has 1 unspecified atom stereocenters. The summed E-state index contributed by atoms with van der Waals surface area (Å²) in [5.74, 6) is -1.07. The second kappa shape index (κ2) is 5.53. The van der Waals surface area contributed by atoms with Crippen LogP contribution in [0.2, 0.25) is 0 Å². The Morgan fingerprint density at radius 2 is 1.67 bits per heavy atom. The number of amides is 2. The quantitative estimate of drug-likeness (QED) is 0.769. The second-order valence-electron chi connectivity index (χ2n) is 4.43. The summed E-state index contributed by atoms with van der Waals surface area (Å²) in [4.78, 5) is 22.3. The van der Waals surface area contributed by atoms with Gasteiger partial charge < -0.3 is 15.7 Å². The Kier molecular flexibility index (Phi) is 4.31. The van der Waals surface area contributed by atoms with Gasteiger partial charge in [0.25, 0.3) is 0 Å². The minimum absolute atomic E-state index is 0.514. The van der Waals surface area contributed by atoms with Gasteiger partial charge in [0.1, 0.15) is 6.04 Å². The van der Waals surface area contributed by atoms with Crippen LogP contribution in [0.4, 0.5) is 10.5 Å². The van der Waals surface area contributed by atoms with E-state index < -0.39 is 18.0 Å². The van der Waals surface area contributed by atoms with Crippen LogP contribution in [0.1, 0.15) is 23.6 Å². The van der Waals surface area contributed by atoms with E-state index in [2.05, 4.69) is 10.6 Å². The third-order valence-corrected chi connectivity index (χ3v) is 2.63. The van der Waals surface area contributed by atoms with Gasteiger partial charge in [-0.1, -0.05) is 17.7 Å². The third kappa shape index (κ3) is 3.48. The first-order chi connectivity index (χ1) is 8.31. The van der Waals surface area contributed by atoms with Gasteiger partial charge in [0.15, 0.2) is 0 Å². The smallest absolute Gasteiger partial charge is 0.325 e. The number of anilines is 1. The molecule has 0 heterocycles. The van der Waals surface area contributed by atoms with Crippen LogP contribution in [-0.2, 0) is 4.79 Å². The lowest BCUT2D eigenvalue weighted by atomic mass is 10.1. The fourth-order valence-electron chi connectivity index (χ4n) is 1.79. The lowest BCUT2D eigenvalue weighted by molar-refractivity contribution is -0.138. The SMILES string of the molecule is Cc1cc(C)c(NC(=O)NC(C)C(=O)O)c(C)c1. The van der Waals surface area contributed by atoms with Crippen LogP contribution < -0.4 is 10.6 Å². The Labute approximate surface area is 106 Å². The molecule has 5 heteroatoms. The Bertz CT molecular complexity index is 460. The van der Waals surface area contributed by atoms with Crippen molar-refractivity contribution in [1.29, 1.82) is 0 Å². The summed E-state index contributed by atoms with van der Waals surface area (Å²) in [5, 5.41) is 13.7. The molecule has 0 spiro atoms. The fraction of sp³-hybridized carbons (Fsp3) is 0.385. The summed E-state index contributed by atoms with van der Waals surface area (Å²) in [5.41, 5.74) is 3.74. The van der Waals surface area contributed by atoms with E-state index in [1.165, 1.54) is 6.92 Å². The largest absolute Gasteiger partial charge is 0.480 e. The summed E-state index contributed by atoms with van der Waals surface area (Å²) in [6, 6.07) is 2.49. The first-order valence-corrected chi connectivity index (χ1v) is 5.69. The molecule has 2 amide bonds. The molecule has 0 bridgehead atoms. The topological polar surface area (TPSA) is 78.4 Å². The summed E-state index contributed by atoms with van der Waals surface area (Å²) in [7, 11) is 0. The molecule has 0 aliphatic carbocycles. The van der Waals surface area contributed by atoms with E-state index in [0.29, 0.717) is 0 Å². The average Bonchev–Trinajstić information content (AvgIpc) is 2.23. The first-order valence-electron chi connectivity index (χ1n) is 5.69. The van der Waals surface area contributed by atoms with E-state index in [9.17, 15) is 9.59 Å². The summed E-state index contributed by atoms with van der Waals surface area (Å²) in [6.45, 7) is 7.19. The van der Waals surface area contributed by atoms with Crippen molar-refractivity contribution >= 4 is 17.7 Å². The van der Waals surface area contributed by atoms with Gasteiger partial charge in [-0.3, -0.25) is 4.79 Å². The van der Waals surface area contributed by atoms with Gasteiger partial charge >= 0.3 is 12.0 Å². The van der Waals surface area contributed by atoms with E-state index in [1.807, 2.05) is 32.9 Å². The molecule has 18 heavy (non-hydrogen) atoms. The van der Waals surface area contributed by atoms with Gasteiger partial charge in [0.2, 0.25) is 0 Å². The predicted molar refractivity (Wildman–Crippen MR) is 69.9 cm³/mol. The summed E-state index contributed by atoms with van der Waals surface area (Å²) < 4.78 is 0. The number of aryl methyl sites for hydroxylation is 3. The molecule has 1 rings (SSSR count). The van der Waals surface area contributed by atoms with Crippen LogP contribution in [0.25, 0.3) is 0 Å². The number of benzene rings is 1. The van der Waals surface area contributed by atoms with Gasteiger partial charge in [-0.05, 0) is 38.8 Å². The molecule has 0 aliphatic rings. The normalized spacial score (nSPS) is 11.8. The molecule has 0 radical (unpaired) electrons. The van der Waals surface area contributed by atoms with Crippen LogP contribution in [0.15, 0.2) is 12.1 Å². The summed E-state index contributed by atoms with van der Waals surface area (Å²) in [6.07, 6.45) is 0. The molecule has 1 atom stereocenters. The fourth-order valence-corrected chi connectivity index (χ4v) is 1.79. The number of carboxylic acid groups (broad SMARTS) is 1. The number of nitrogens with one attached hydrogen (secondary N) is 2. The van der Waals surface area contributed by atoms with Crippen molar-refractivity contribution in [3.63, 3.8) is 0 Å². The zero-order valence-electron chi connectivity index (χ0n) is 11.0. The number of carboxylic acids is 1.